The second kappa shape index (κ2) is 4.08. The van der Waals surface area contributed by atoms with Crippen molar-refractivity contribution in [3.05, 3.63) is 34.9 Å². The first-order chi connectivity index (χ1) is 7.59. The number of ketones is 1. The smallest absolute Gasteiger partial charge is 0.219 e. The van der Waals surface area contributed by atoms with Crippen LogP contribution >= 0.6 is 0 Å². The van der Waals surface area contributed by atoms with Crippen LogP contribution in [0.3, 0.4) is 0 Å². The number of nitrogens with zero attached hydrogens (tertiary/aromatic N) is 1. The molecule has 0 saturated heterocycles. The molecule has 1 heterocycles. The van der Waals surface area contributed by atoms with Gasteiger partial charge in [-0.25, -0.2) is 0 Å². The molecule has 3 heteroatoms. The summed E-state index contributed by atoms with van der Waals surface area (Å²) in [4.78, 5) is 25.0. The number of Topliss-reactive ketones (excluding diaryl/α,β-unsaturated/α-hetero) is 1. The van der Waals surface area contributed by atoms with E-state index in [0.29, 0.717) is 19.5 Å². The Hall–Kier alpha value is -1.64. The zero-order valence-corrected chi connectivity index (χ0v) is 9.62. The number of benzene rings is 1. The Labute approximate surface area is 95.1 Å². The van der Waals surface area contributed by atoms with Gasteiger partial charge in [0.25, 0.3) is 0 Å². The monoisotopic (exact) mass is 217 g/mol. The van der Waals surface area contributed by atoms with E-state index in [1.165, 1.54) is 0 Å². The van der Waals surface area contributed by atoms with Gasteiger partial charge in [-0.05, 0) is 18.1 Å². The molecule has 84 valence electrons. The van der Waals surface area contributed by atoms with Crippen LogP contribution in [0.15, 0.2) is 18.2 Å². The van der Waals surface area contributed by atoms with Crippen molar-refractivity contribution in [2.24, 2.45) is 0 Å². The van der Waals surface area contributed by atoms with E-state index in [1.807, 2.05) is 25.1 Å². The summed E-state index contributed by atoms with van der Waals surface area (Å²) in [5.74, 6) is 0.173. The van der Waals surface area contributed by atoms with Gasteiger partial charge in [-0.1, -0.05) is 18.2 Å². The summed E-state index contributed by atoms with van der Waals surface area (Å²) in [5.41, 5.74) is 2.86. The first kappa shape index (κ1) is 10.9. The SMILES string of the molecule is CC(=O)N1CCC(=O)c2cccc(C)c2C1. The summed E-state index contributed by atoms with van der Waals surface area (Å²) >= 11 is 0. The van der Waals surface area contributed by atoms with Crippen molar-refractivity contribution >= 4 is 11.7 Å². The Balaban J connectivity index is 2.46. The fraction of sp³-hybridized carbons (Fsp3) is 0.385. The van der Waals surface area contributed by atoms with Gasteiger partial charge >= 0.3 is 0 Å². The third kappa shape index (κ3) is 1.85. The minimum atomic E-state index is 0.0314. The number of hydrogen-bond acceptors (Lipinski definition) is 2. The van der Waals surface area contributed by atoms with Crippen LogP contribution in [-0.2, 0) is 11.3 Å². The molecule has 0 fully saturated rings. The molecule has 0 aromatic heterocycles. The number of carbonyl (C=O) groups excluding carboxylic acids is 2. The Bertz CT molecular complexity index is 451. The highest BCUT2D eigenvalue weighted by Crippen LogP contribution is 2.21. The summed E-state index contributed by atoms with van der Waals surface area (Å²) < 4.78 is 0. The van der Waals surface area contributed by atoms with Gasteiger partial charge in [0.1, 0.15) is 0 Å². The van der Waals surface area contributed by atoms with Gasteiger partial charge in [-0.2, -0.15) is 0 Å². The lowest BCUT2D eigenvalue weighted by Crippen LogP contribution is -2.28. The van der Waals surface area contributed by atoms with Gasteiger partial charge < -0.3 is 4.90 Å². The van der Waals surface area contributed by atoms with Crippen molar-refractivity contribution in [1.82, 2.24) is 4.90 Å². The molecular formula is C13H15NO2. The lowest BCUT2D eigenvalue weighted by Gasteiger charge is -2.19. The first-order valence-corrected chi connectivity index (χ1v) is 5.47. The molecule has 1 aliphatic heterocycles. The minimum Gasteiger partial charge on any atom is -0.338 e. The van der Waals surface area contributed by atoms with Crippen molar-refractivity contribution in [2.75, 3.05) is 6.54 Å². The van der Waals surface area contributed by atoms with Crippen molar-refractivity contribution in [2.45, 2.75) is 26.8 Å². The molecule has 0 saturated carbocycles. The second-order valence-electron chi connectivity index (χ2n) is 4.21. The van der Waals surface area contributed by atoms with Crippen molar-refractivity contribution in [3.63, 3.8) is 0 Å². The summed E-state index contributed by atoms with van der Waals surface area (Å²) in [5, 5.41) is 0. The second-order valence-corrected chi connectivity index (χ2v) is 4.21. The van der Waals surface area contributed by atoms with E-state index in [0.717, 1.165) is 16.7 Å². The molecule has 0 spiro atoms. The molecule has 0 bridgehead atoms. The molecular weight excluding hydrogens is 202 g/mol. The molecule has 1 aliphatic rings. The lowest BCUT2D eigenvalue weighted by atomic mass is 9.99. The normalized spacial score (nSPS) is 15.6. The molecule has 0 unspecified atom stereocenters. The van der Waals surface area contributed by atoms with E-state index in [1.54, 1.807) is 11.8 Å². The maximum Gasteiger partial charge on any atom is 0.219 e. The van der Waals surface area contributed by atoms with Crippen LogP contribution in [0.4, 0.5) is 0 Å². The standard InChI is InChI=1S/C13H15NO2/c1-9-4-3-5-11-12(9)8-14(10(2)15)7-6-13(11)16/h3-5H,6-8H2,1-2H3. The van der Waals surface area contributed by atoms with Crippen molar-refractivity contribution in [1.29, 1.82) is 0 Å². The largest absolute Gasteiger partial charge is 0.338 e. The van der Waals surface area contributed by atoms with Crippen LogP contribution in [0, 0.1) is 6.92 Å². The highest BCUT2D eigenvalue weighted by Gasteiger charge is 2.22. The van der Waals surface area contributed by atoms with Gasteiger partial charge in [-0.15, -0.1) is 0 Å². The maximum atomic E-state index is 11.9. The van der Waals surface area contributed by atoms with Crippen LogP contribution in [0.25, 0.3) is 0 Å². The molecule has 3 nitrogen and oxygen atoms in total. The average Bonchev–Trinajstić information content (AvgIpc) is 2.40. The molecule has 1 aromatic carbocycles. The van der Waals surface area contributed by atoms with E-state index in [4.69, 9.17) is 0 Å². The Morgan fingerprint density at radius 2 is 2.12 bits per heavy atom. The van der Waals surface area contributed by atoms with Crippen LogP contribution in [0.1, 0.15) is 34.8 Å². The van der Waals surface area contributed by atoms with Crippen LogP contribution in [-0.4, -0.2) is 23.1 Å². The fourth-order valence-corrected chi connectivity index (χ4v) is 2.08. The first-order valence-electron chi connectivity index (χ1n) is 5.47. The van der Waals surface area contributed by atoms with E-state index < -0.39 is 0 Å². The van der Waals surface area contributed by atoms with E-state index >= 15 is 0 Å². The highest BCUT2D eigenvalue weighted by molar-refractivity contribution is 5.98. The zero-order chi connectivity index (χ0) is 11.7. The number of hydrogen-bond donors (Lipinski definition) is 0. The predicted octanol–water partition coefficient (Wildman–Crippen LogP) is 1.93. The summed E-state index contributed by atoms with van der Waals surface area (Å²) in [6.07, 6.45) is 0.427. The summed E-state index contributed by atoms with van der Waals surface area (Å²) in [6.45, 7) is 4.62. The average molecular weight is 217 g/mol. The zero-order valence-electron chi connectivity index (χ0n) is 9.62. The van der Waals surface area contributed by atoms with Crippen LogP contribution in [0.2, 0.25) is 0 Å². The number of amides is 1. The molecule has 1 aromatic rings. The quantitative estimate of drug-likeness (QED) is 0.666. The van der Waals surface area contributed by atoms with E-state index in [2.05, 4.69) is 0 Å². The number of aryl methyl sites for hydroxylation is 1. The molecule has 16 heavy (non-hydrogen) atoms. The van der Waals surface area contributed by atoms with Crippen molar-refractivity contribution in [3.8, 4) is 0 Å². The van der Waals surface area contributed by atoms with Gasteiger partial charge in [0, 0.05) is 32.0 Å². The fourth-order valence-electron chi connectivity index (χ4n) is 2.08. The van der Waals surface area contributed by atoms with E-state index in [9.17, 15) is 9.59 Å². The Kier molecular flexibility index (Phi) is 2.77. The summed E-state index contributed by atoms with van der Waals surface area (Å²) in [7, 11) is 0. The molecule has 0 aliphatic carbocycles. The lowest BCUT2D eigenvalue weighted by molar-refractivity contribution is -0.129. The molecule has 2 rings (SSSR count). The summed E-state index contributed by atoms with van der Waals surface area (Å²) in [6, 6.07) is 5.74. The Morgan fingerprint density at radius 1 is 1.38 bits per heavy atom. The molecule has 0 N–H and O–H groups in total. The van der Waals surface area contributed by atoms with Gasteiger partial charge in [-0.3, -0.25) is 9.59 Å². The molecule has 0 atom stereocenters. The van der Waals surface area contributed by atoms with E-state index in [-0.39, 0.29) is 11.7 Å². The van der Waals surface area contributed by atoms with Crippen LogP contribution < -0.4 is 0 Å². The third-order valence-electron chi connectivity index (χ3n) is 3.11. The number of carbonyl (C=O) groups is 2. The Morgan fingerprint density at radius 3 is 2.81 bits per heavy atom. The van der Waals surface area contributed by atoms with Gasteiger partial charge in [0.05, 0.1) is 0 Å². The number of rotatable bonds is 0. The third-order valence-corrected chi connectivity index (χ3v) is 3.11. The predicted molar refractivity (Wildman–Crippen MR) is 61.2 cm³/mol. The van der Waals surface area contributed by atoms with Gasteiger partial charge in [0.15, 0.2) is 5.78 Å². The highest BCUT2D eigenvalue weighted by atomic mass is 16.2. The van der Waals surface area contributed by atoms with Crippen LogP contribution in [0.5, 0.6) is 0 Å². The molecule has 0 radical (unpaired) electrons. The maximum absolute atomic E-state index is 11.9. The minimum absolute atomic E-state index is 0.0314. The van der Waals surface area contributed by atoms with Gasteiger partial charge in [0.2, 0.25) is 5.91 Å². The number of fused-ring (bicyclic) bond motifs is 1. The van der Waals surface area contributed by atoms with Crippen molar-refractivity contribution < 1.29 is 9.59 Å². The topological polar surface area (TPSA) is 37.4 Å². The molecule has 1 amide bonds.